The zero-order chi connectivity index (χ0) is 5.44. The van der Waals surface area contributed by atoms with Gasteiger partial charge in [-0.15, -0.1) is 0 Å². The molecule has 0 unspecified atom stereocenters. The van der Waals surface area contributed by atoms with E-state index in [-0.39, 0.29) is 0 Å². The summed E-state index contributed by atoms with van der Waals surface area (Å²) < 4.78 is 0. The molecule has 1 aliphatic carbocycles. The summed E-state index contributed by atoms with van der Waals surface area (Å²) in [7, 11) is 0. The minimum Gasteiger partial charge on any atom is -0.303 e. The van der Waals surface area contributed by atoms with Crippen LogP contribution in [-0.2, 0) is 4.79 Å². The number of alkyl halides is 1. The third-order valence-corrected chi connectivity index (χ3v) is 2.94. The molecule has 3 atom stereocenters. The molecule has 0 radical (unpaired) electrons. The first-order valence-electron chi connectivity index (χ1n) is 2.36. The van der Waals surface area contributed by atoms with Crippen LogP contribution >= 0.6 is 15.9 Å². The molecular weight excluding hydrogens is 156 g/mol. The summed E-state index contributed by atoms with van der Waals surface area (Å²) in [5.74, 6) is 0.887. The number of hydrogen-bond acceptors (Lipinski definition) is 1. The normalized spacial score (nSPS) is 48.6. The van der Waals surface area contributed by atoms with Gasteiger partial charge in [-0.05, 0) is 5.92 Å². The summed E-state index contributed by atoms with van der Waals surface area (Å²) in [5, 5.41) is 0. The molecule has 0 heterocycles. The van der Waals surface area contributed by atoms with Crippen molar-refractivity contribution in [3.63, 3.8) is 0 Å². The second kappa shape index (κ2) is 1.58. The lowest BCUT2D eigenvalue weighted by Gasteiger charge is -1.66. The summed E-state index contributed by atoms with van der Waals surface area (Å²) in [6.07, 6.45) is 1.02. The molecule has 0 amide bonds. The van der Waals surface area contributed by atoms with Crippen molar-refractivity contribution in [2.75, 3.05) is 0 Å². The number of rotatable bonds is 1. The predicted octanol–water partition coefficient (Wildman–Crippen LogP) is 1.21. The topological polar surface area (TPSA) is 17.1 Å². The fourth-order valence-corrected chi connectivity index (χ4v) is 1.42. The van der Waals surface area contributed by atoms with Crippen LogP contribution in [0.15, 0.2) is 0 Å². The van der Waals surface area contributed by atoms with Crippen molar-refractivity contribution in [3.05, 3.63) is 0 Å². The van der Waals surface area contributed by atoms with Crippen molar-refractivity contribution in [1.29, 1.82) is 0 Å². The van der Waals surface area contributed by atoms with Gasteiger partial charge < -0.3 is 4.79 Å². The molecule has 0 aromatic heterocycles. The minimum atomic E-state index is 0.306. The van der Waals surface area contributed by atoms with E-state index in [9.17, 15) is 4.79 Å². The van der Waals surface area contributed by atoms with Crippen LogP contribution in [0.1, 0.15) is 6.92 Å². The highest BCUT2D eigenvalue weighted by Gasteiger charge is 2.44. The van der Waals surface area contributed by atoms with E-state index >= 15 is 0 Å². The predicted molar refractivity (Wildman–Crippen MR) is 31.4 cm³/mol. The number of halogens is 1. The van der Waals surface area contributed by atoms with Gasteiger partial charge in [-0.3, -0.25) is 0 Å². The van der Waals surface area contributed by atoms with E-state index in [0.29, 0.717) is 16.7 Å². The summed E-state index contributed by atoms with van der Waals surface area (Å²) in [5.41, 5.74) is 0. The first-order chi connectivity index (χ1) is 3.27. The van der Waals surface area contributed by atoms with Crippen LogP contribution in [0.5, 0.6) is 0 Å². The molecule has 0 aliphatic heterocycles. The van der Waals surface area contributed by atoms with E-state index in [1.807, 2.05) is 0 Å². The molecule has 1 aliphatic rings. The van der Waals surface area contributed by atoms with Crippen LogP contribution in [-0.4, -0.2) is 11.1 Å². The number of aldehydes is 1. The van der Waals surface area contributed by atoms with Gasteiger partial charge in [0.2, 0.25) is 0 Å². The molecule has 1 nitrogen and oxygen atoms in total. The lowest BCUT2D eigenvalue weighted by Crippen LogP contribution is -1.76. The number of hydrogen-bond donors (Lipinski definition) is 0. The van der Waals surface area contributed by atoms with Gasteiger partial charge in [0.25, 0.3) is 0 Å². The van der Waals surface area contributed by atoms with Crippen LogP contribution in [0.25, 0.3) is 0 Å². The Bertz CT molecular complexity index is 84.1. The summed E-state index contributed by atoms with van der Waals surface area (Å²) in [6, 6.07) is 0. The Balaban J connectivity index is 2.37. The molecule has 0 spiro atoms. The van der Waals surface area contributed by atoms with Gasteiger partial charge in [-0.2, -0.15) is 0 Å². The monoisotopic (exact) mass is 162 g/mol. The van der Waals surface area contributed by atoms with Gasteiger partial charge >= 0.3 is 0 Å². The molecule has 0 aromatic rings. The van der Waals surface area contributed by atoms with Gasteiger partial charge in [-0.1, -0.05) is 22.9 Å². The Hall–Kier alpha value is 0.150. The third-order valence-electron chi connectivity index (χ3n) is 1.49. The van der Waals surface area contributed by atoms with Crippen molar-refractivity contribution < 1.29 is 4.79 Å². The zero-order valence-electron chi connectivity index (χ0n) is 4.10. The van der Waals surface area contributed by atoms with Crippen molar-refractivity contribution in [2.24, 2.45) is 11.8 Å². The maximum atomic E-state index is 9.96. The Labute approximate surface area is 51.2 Å². The minimum absolute atomic E-state index is 0.306. The summed E-state index contributed by atoms with van der Waals surface area (Å²) in [6.45, 7) is 2.07. The van der Waals surface area contributed by atoms with Crippen LogP contribution in [0.3, 0.4) is 0 Å². The Morgan fingerprint density at radius 1 is 1.71 bits per heavy atom. The smallest absolute Gasteiger partial charge is 0.124 e. The quantitative estimate of drug-likeness (QED) is 0.419. The van der Waals surface area contributed by atoms with Crippen LogP contribution in [0.2, 0.25) is 0 Å². The first kappa shape index (κ1) is 5.29. The van der Waals surface area contributed by atoms with E-state index in [1.54, 1.807) is 0 Å². The third kappa shape index (κ3) is 0.717. The Morgan fingerprint density at radius 3 is 2.14 bits per heavy atom. The molecule has 0 N–H and O–H groups in total. The highest BCUT2D eigenvalue weighted by molar-refractivity contribution is 9.09. The van der Waals surface area contributed by atoms with Crippen LogP contribution in [0, 0.1) is 11.8 Å². The van der Waals surface area contributed by atoms with Gasteiger partial charge in [0.15, 0.2) is 0 Å². The fourth-order valence-electron chi connectivity index (χ4n) is 0.642. The zero-order valence-corrected chi connectivity index (χ0v) is 5.68. The molecule has 0 aromatic carbocycles. The second-order valence-corrected chi connectivity index (χ2v) is 3.07. The molecule has 2 heteroatoms. The van der Waals surface area contributed by atoms with Gasteiger partial charge in [-0.25, -0.2) is 0 Å². The highest BCUT2D eigenvalue weighted by atomic mass is 79.9. The van der Waals surface area contributed by atoms with E-state index in [0.717, 1.165) is 6.29 Å². The number of carbonyl (C=O) groups is 1. The maximum absolute atomic E-state index is 9.96. The van der Waals surface area contributed by atoms with E-state index in [2.05, 4.69) is 22.9 Å². The lowest BCUT2D eigenvalue weighted by molar-refractivity contribution is -0.109. The average Bonchev–Trinajstić information content (AvgIpc) is 2.17. The maximum Gasteiger partial charge on any atom is 0.124 e. The molecule has 7 heavy (non-hydrogen) atoms. The van der Waals surface area contributed by atoms with Crippen molar-refractivity contribution in [3.8, 4) is 0 Å². The highest BCUT2D eigenvalue weighted by Crippen LogP contribution is 2.42. The van der Waals surface area contributed by atoms with E-state index in [4.69, 9.17) is 0 Å². The summed E-state index contributed by atoms with van der Waals surface area (Å²) in [4.78, 5) is 10.4. The molecule has 1 fully saturated rings. The average molecular weight is 163 g/mol. The molecule has 40 valence electrons. The molecule has 1 saturated carbocycles. The largest absolute Gasteiger partial charge is 0.303 e. The standard InChI is InChI=1S/C5H7BrO/c1-3-4(2-7)5(3)6/h2-5H,1H3/t3-,4+,5-/m1/s1. The fraction of sp³-hybridized carbons (Fsp3) is 0.800. The SMILES string of the molecule is C[C@H]1[C@@H](Br)[C@H]1C=O. The van der Waals surface area contributed by atoms with Crippen LogP contribution in [0.4, 0.5) is 0 Å². The Morgan fingerprint density at radius 2 is 2.14 bits per heavy atom. The lowest BCUT2D eigenvalue weighted by atomic mass is 10.4. The molecule has 0 saturated heterocycles. The van der Waals surface area contributed by atoms with Gasteiger partial charge in [0.1, 0.15) is 6.29 Å². The van der Waals surface area contributed by atoms with Gasteiger partial charge in [0, 0.05) is 10.7 Å². The van der Waals surface area contributed by atoms with Crippen molar-refractivity contribution >= 4 is 22.2 Å². The summed E-state index contributed by atoms with van der Waals surface area (Å²) >= 11 is 3.34. The second-order valence-electron chi connectivity index (χ2n) is 2.02. The van der Waals surface area contributed by atoms with Crippen LogP contribution < -0.4 is 0 Å². The van der Waals surface area contributed by atoms with E-state index in [1.165, 1.54) is 0 Å². The molecule has 0 bridgehead atoms. The first-order valence-corrected chi connectivity index (χ1v) is 3.28. The number of carbonyl (C=O) groups excluding carboxylic acids is 1. The molecular formula is C5H7BrO. The van der Waals surface area contributed by atoms with Crippen molar-refractivity contribution in [2.45, 2.75) is 11.8 Å². The van der Waals surface area contributed by atoms with Crippen molar-refractivity contribution in [1.82, 2.24) is 0 Å². The van der Waals surface area contributed by atoms with Gasteiger partial charge in [0.05, 0.1) is 0 Å². The van der Waals surface area contributed by atoms with E-state index < -0.39 is 0 Å². The Kier molecular flexibility index (Phi) is 1.20. The molecule has 1 rings (SSSR count).